The molecule has 20 heavy (non-hydrogen) atoms. The maximum absolute atomic E-state index is 5.95. The normalized spacial score (nSPS) is 26.7. The average Bonchev–Trinajstić information content (AvgIpc) is 2.89. The first-order valence-corrected chi connectivity index (χ1v) is 8.40. The van der Waals surface area contributed by atoms with E-state index in [0.717, 1.165) is 35.7 Å². The van der Waals surface area contributed by atoms with Crippen LogP contribution >= 0.6 is 27.5 Å². The summed E-state index contributed by atoms with van der Waals surface area (Å²) < 4.78 is 7.00. The molecule has 0 bridgehead atoms. The van der Waals surface area contributed by atoms with Crippen molar-refractivity contribution in [1.82, 2.24) is 10.2 Å². The van der Waals surface area contributed by atoms with Gasteiger partial charge in [-0.05, 0) is 37.1 Å². The van der Waals surface area contributed by atoms with Crippen molar-refractivity contribution in [2.24, 2.45) is 0 Å². The number of morpholine rings is 1. The summed E-state index contributed by atoms with van der Waals surface area (Å²) in [6.07, 6.45) is 2.94. The van der Waals surface area contributed by atoms with E-state index in [-0.39, 0.29) is 0 Å². The predicted octanol–water partition coefficient (Wildman–Crippen LogP) is 3.06. The number of nitrogens with one attached hydrogen (secondary N) is 1. The third-order valence-electron chi connectivity index (χ3n) is 4.16. The van der Waals surface area contributed by atoms with Crippen molar-refractivity contribution >= 4 is 27.5 Å². The molecule has 3 nitrogen and oxygen atoms in total. The Kier molecular flexibility index (Phi) is 5.00. The number of fused-ring (bicyclic) bond motifs is 1. The maximum atomic E-state index is 5.95. The first-order valence-electron chi connectivity index (χ1n) is 7.22. The molecule has 2 saturated heterocycles. The number of benzene rings is 1. The minimum atomic E-state index is 0.315. The van der Waals surface area contributed by atoms with E-state index in [0.29, 0.717) is 12.1 Å². The highest BCUT2D eigenvalue weighted by Crippen LogP contribution is 2.23. The smallest absolute Gasteiger partial charge is 0.0827 e. The summed E-state index contributed by atoms with van der Waals surface area (Å²) in [5.41, 5.74) is 1.23. The molecule has 2 aliphatic rings. The van der Waals surface area contributed by atoms with Gasteiger partial charge in [-0.1, -0.05) is 33.6 Å². The second-order valence-corrected chi connectivity index (χ2v) is 6.90. The van der Waals surface area contributed by atoms with Crippen LogP contribution in [0, 0.1) is 0 Å². The van der Waals surface area contributed by atoms with Gasteiger partial charge in [-0.25, -0.2) is 0 Å². The Bertz CT molecular complexity index is 471. The zero-order valence-corrected chi connectivity index (χ0v) is 13.8. The van der Waals surface area contributed by atoms with Gasteiger partial charge in [0.15, 0.2) is 0 Å². The predicted molar refractivity (Wildman–Crippen MR) is 85.2 cm³/mol. The van der Waals surface area contributed by atoms with E-state index in [1.807, 2.05) is 12.1 Å². The SMILES string of the molecule is Clc1ccc(CNCC2CN3CCCC3CO2)c(Br)c1. The summed E-state index contributed by atoms with van der Waals surface area (Å²) >= 11 is 9.49. The van der Waals surface area contributed by atoms with Crippen molar-refractivity contribution in [2.45, 2.75) is 31.5 Å². The van der Waals surface area contributed by atoms with Crippen LogP contribution in [0.1, 0.15) is 18.4 Å². The second kappa shape index (κ2) is 6.75. The van der Waals surface area contributed by atoms with E-state index in [9.17, 15) is 0 Å². The molecule has 2 atom stereocenters. The van der Waals surface area contributed by atoms with Crippen molar-refractivity contribution in [2.75, 3.05) is 26.2 Å². The first-order chi connectivity index (χ1) is 9.72. The molecule has 1 aromatic carbocycles. The van der Waals surface area contributed by atoms with Crippen LogP contribution in [0.4, 0.5) is 0 Å². The summed E-state index contributed by atoms with van der Waals surface area (Å²) in [7, 11) is 0. The van der Waals surface area contributed by atoms with Gasteiger partial charge in [0.05, 0.1) is 12.7 Å². The van der Waals surface area contributed by atoms with Gasteiger partial charge in [-0.3, -0.25) is 4.90 Å². The molecule has 1 N–H and O–H groups in total. The number of nitrogens with zero attached hydrogens (tertiary/aromatic N) is 1. The van der Waals surface area contributed by atoms with Gasteiger partial charge in [-0.2, -0.15) is 0 Å². The molecular formula is C15H20BrClN2O. The Hall–Kier alpha value is -0.130. The fourth-order valence-corrected chi connectivity index (χ4v) is 3.86. The molecule has 1 aromatic rings. The lowest BCUT2D eigenvalue weighted by atomic mass is 10.2. The highest BCUT2D eigenvalue weighted by atomic mass is 79.9. The molecule has 0 amide bonds. The topological polar surface area (TPSA) is 24.5 Å². The van der Waals surface area contributed by atoms with Crippen molar-refractivity contribution in [1.29, 1.82) is 0 Å². The van der Waals surface area contributed by atoms with Crippen LogP contribution in [0.5, 0.6) is 0 Å². The molecule has 110 valence electrons. The summed E-state index contributed by atoms with van der Waals surface area (Å²) in [5.74, 6) is 0. The van der Waals surface area contributed by atoms with Crippen molar-refractivity contribution in [3.05, 3.63) is 33.3 Å². The summed E-state index contributed by atoms with van der Waals surface area (Å²) in [4.78, 5) is 2.58. The Balaban J connectivity index is 1.45. The van der Waals surface area contributed by atoms with E-state index in [1.54, 1.807) is 0 Å². The first kappa shape index (κ1) is 14.8. The number of halogens is 2. The number of hydrogen-bond donors (Lipinski definition) is 1. The van der Waals surface area contributed by atoms with Gasteiger partial charge in [0.1, 0.15) is 0 Å². The van der Waals surface area contributed by atoms with E-state index >= 15 is 0 Å². The lowest BCUT2D eigenvalue weighted by molar-refractivity contribution is -0.0470. The number of hydrogen-bond acceptors (Lipinski definition) is 3. The van der Waals surface area contributed by atoms with Crippen LogP contribution < -0.4 is 5.32 Å². The molecule has 0 saturated carbocycles. The largest absolute Gasteiger partial charge is 0.374 e. The average molecular weight is 360 g/mol. The molecular weight excluding hydrogens is 340 g/mol. The molecule has 3 rings (SSSR count). The molecule has 2 aliphatic heterocycles. The monoisotopic (exact) mass is 358 g/mol. The molecule has 2 unspecified atom stereocenters. The van der Waals surface area contributed by atoms with Gasteiger partial charge in [-0.15, -0.1) is 0 Å². The van der Waals surface area contributed by atoms with Crippen molar-refractivity contribution in [3.63, 3.8) is 0 Å². The molecule has 5 heteroatoms. The van der Waals surface area contributed by atoms with E-state index in [4.69, 9.17) is 16.3 Å². The van der Waals surface area contributed by atoms with Gasteiger partial charge >= 0.3 is 0 Å². The minimum absolute atomic E-state index is 0.315. The van der Waals surface area contributed by atoms with Gasteiger partial charge in [0, 0.05) is 35.2 Å². The fourth-order valence-electron chi connectivity index (χ4n) is 3.04. The zero-order valence-electron chi connectivity index (χ0n) is 11.4. The van der Waals surface area contributed by atoms with Crippen LogP contribution in [-0.4, -0.2) is 43.3 Å². The highest BCUT2D eigenvalue weighted by molar-refractivity contribution is 9.10. The van der Waals surface area contributed by atoms with Crippen LogP contribution in [0.2, 0.25) is 5.02 Å². The zero-order chi connectivity index (χ0) is 13.9. The third kappa shape index (κ3) is 3.55. The van der Waals surface area contributed by atoms with Crippen molar-refractivity contribution in [3.8, 4) is 0 Å². The van der Waals surface area contributed by atoms with E-state index in [2.05, 4.69) is 32.2 Å². The summed E-state index contributed by atoms with van der Waals surface area (Å²) in [6.45, 7) is 4.95. The second-order valence-electron chi connectivity index (χ2n) is 5.61. The Morgan fingerprint density at radius 3 is 3.20 bits per heavy atom. The standard InChI is InChI=1S/C15H20BrClN2O/c16-15-6-12(17)4-3-11(15)7-18-8-14-9-19-5-1-2-13(19)10-20-14/h3-4,6,13-14,18H,1-2,5,7-10H2. The quantitative estimate of drug-likeness (QED) is 0.894. The summed E-state index contributed by atoms with van der Waals surface area (Å²) in [6, 6.07) is 6.59. The van der Waals surface area contributed by atoms with E-state index in [1.165, 1.54) is 24.9 Å². The van der Waals surface area contributed by atoms with Gasteiger partial charge in [0.2, 0.25) is 0 Å². The molecule has 0 spiro atoms. The highest BCUT2D eigenvalue weighted by Gasteiger charge is 2.31. The molecule has 0 radical (unpaired) electrons. The lowest BCUT2D eigenvalue weighted by Gasteiger charge is -2.35. The van der Waals surface area contributed by atoms with Gasteiger partial charge < -0.3 is 10.1 Å². The maximum Gasteiger partial charge on any atom is 0.0827 e. The van der Waals surface area contributed by atoms with Crippen molar-refractivity contribution < 1.29 is 4.74 Å². The Morgan fingerprint density at radius 2 is 2.35 bits per heavy atom. The Morgan fingerprint density at radius 1 is 1.45 bits per heavy atom. The molecule has 0 aliphatic carbocycles. The molecule has 0 aromatic heterocycles. The fraction of sp³-hybridized carbons (Fsp3) is 0.600. The van der Waals surface area contributed by atoms with Crippen LogP contribution in [0.3, 0.4) is 0 Å². The third-order valence-corrected chi connectivity index (χ3v) is 5.14. The van der Waals surface area contributed by atoms with Gasteiger partial charge in [0.25, 0.3) is 0 Å². The lowest BCUT2D eigenvalue weighted by Crippen LogP contribution is -2.49. The Labute approximate surface area is 133 Å². The number of ether oxygens (including phenoxy) is 1. The number of rotatable bonds is 4. The van der Waals surface area contributed by atoms with Crippen LogP contribution in [-0.2, 0) is 11.3 Å². The molecule has 2 heterocycles. The van der Waals surface area contributed by atoms with E-state index < -0.39 is 0 Å². The van der Waals surface area contributed by atoms with Crippen LogP contribution in [0.15, 0.2) is 22.7 Å². The van der Waals surface area contributed by atoms with Crippen LogP contribution in [0.25, 0.3) is 0 Å². The molecule has 2 fully saturated rings. The summed E-state index contributed by atoms with van der Waals surface area (Å²) in [5, 5.41) is 4.25. The minimum Gasteiger partial charge on any atom is -0.374 e.